The zero-order valence-corrected chi connectivity index (χ0v) is 11.3. The number of hydrogen-bond acceptors (Lipinski definition) is 0. The Kier molecular flexibility index (Phi) is 4.05. The average molecular weight is 281 g/mol. The molecule has 0 amide bonds. The van der Waals surface area contributed by atoms with Crippen molar-refractivity contribution in [2.24, 2.45) is 0 Å². The first-order valence-electron chi connectivity index (χ1n) is 5.45. The van der Waals surface area contributed by atoms with E-state index in [1.807, 2.05) is 31.2 Å². The first-order valence-corrected chi connectivity index (χ1v) is 6.21. The zero-order valence-electron chi connectivity index (χ0n) is 9.75. The van der Waals surface area contributed by atoms with Crippen LogP contribution in [0.15, 0.2) is 42.5 Å². The molecule has 0 heterocycles. The highest BCUT2D eigenvalue weighted by Gasteiger charge is 2.02. The van der Waals surface area contributed by atoms with Gasteiger partial charge in [-0.05, 0) is 48.4 Å². The molecular weight excluding hydrogens is 270 g/mol. The topological polar surface area (TPSA) is 0 Å². The predicted octanol–water partition coefficient (Wildman–Crippen LogP) is 5.69. The summed E-state index contributed by atoms with van der Waals surface area (Å²) < 4.78 is 13.6. The second kappa shape index (κ2) is 5.55. The van der Waals surface area contributed by atoms with Crippen LogP contribution in [0, 0.1) is 5.82 Å². The molecule has 3 heteroatoms. The van der Waals surface area contributed by atoms with Gasteiger partial charge in [-0.2, -0.15) is 0 Å². The summed E-state index contributed by atoms with van der Waals surface area (Å²) in [6.07, 6.45) is 1.79. The number of allylic oxidation sites excluding steroid dienone is 1. The Labute approximate surface area is 116 Å². The molecule has 0 aromatic heterocycles. The van der Waals surface area contributed by atoms with Gasteiger partial charge in [0.2, 0.25) is 0 Å². The molecule has 2 rings (SSSR count). The summed E-state index contributed by atoms with van der Waals surface area (Å²) in [7, 11) is 0. The molecule has 0 aliphatic rings. The van der Waals surface area contributed by atoms with Crippen LogP contribution >= 0.6 is 23.2 Å². The Balaban J connectivity index is 2.35. The van der Waals surface area contributed by atoms with E-state index in [1.54, 1.807) is 18.2 Å². The fraction of sp³-hybridized carbons (Fsp3) is 0.0667. The maximum absolute atomic E-state index is 13.6. The first kappa shape index (κ1) is 13.1. The molecule has 0 bridgehead atoms. The highest BCUT2D eigenvalue weighted by Crippen LogP contribution is 2.22. The third-order valence-electron chi connectivity index (χ3n) is 2.63. The van der Waals surface area contributed by atoms with E-state index in [0.29, 0.717) is 15.6 Å². The van der Waals surface area contributed by atoms with Gasteiger partial charge in [-0.15, -0.1) is 0 Å². The minimum atomic E-state index is -0.323. The minimum absolute atomic E-state index is 0.323. The predicted molar refractivity (Wildman–Crippen MR) is 76.4 cm³/mol. The molecule has 0 aliphatic heterocycles. The van der Waals surface area contributed by atoms with Crippen LogP contribution in [0.3, 0.4) is 0 Å². The molecule has 0 N–H and O–H groups in total. The molecule has 0 saturated carbocycles. The molecule has 0 atom stereocenters. The van der Waals surface area contributed by atoms with Crippen molar-refractivity contribution in [1.82, 2.24) is 0 Å². The van der Waals surface area contributed by atoms with Crippen molar-refractivity contribution in [1.29, 1.82) is 0 Å². The van der Waals surface area contributed by atoms with E-state index in [2.05, 4.69) is 0 Å². The van der Waals surface area contributed by atoms with Crippen LogP contribution in [-0.4, -0.2) is 0 Å². The van der Waals surface area contributed by atoms with Crippen molar-refractivity contribution in [3.05, 3.63) is 69.5 Å². The summed E-state index contributed by atoms with van der Waals surface area (Å²) in [5, 5.41) is 1.08. The van der Waals surface area contributed by atoms with Gasteiger partial charge in [-0.3, -0.25) is 0 Å². The molecule has 18 heavy (non-hydrogen) atoms. The van der Waals surface area contributed by atoms with E-state index in [0.717, 1.165) is 11.1 Å². The summed E-state index contributed by atoms with van der Waals surface area (Å²) >= 11 is 11.5. The quantitative estimate of drug-likeness (QED) is 0.620. The van der Waals surface area contributed by atoms with Gasteiger partial charge in [0.05, 0.1) is 0 Å². The van der Waals surface area contributed by atoms with Gasteiger partial charge >= 0.3 is 0 Å². The lowest BCUT2D eigenvalue weighted by atomic mass is 10.0. The maximum atomic E-state index is 13.6. The van der Waals surface area contributed by atoms with Crippen LogP contribution in [0.4, 0.5) is 4.39 Å². The van der Waals surface area contributed by atoms with E-state index in [9.17, 15) is 4.39 Å². The molecule has 0 nitrogen and oxygen atoms in total. The molecule has 2 aromatic carbocycles. The van der Waals surface area contributed by atoms with Crippen LogP contribution in [0.1, 0.15) is 18.1 Å². The van der Waals surface area contributed by atoms with E-state index in [4.69, 9.17) is 23.2 Å². The number of hydrogen-bond donors (Lipinski definition) is 0. The van der Waals surface area contributed by atoms with Crippen molar-refractivity contribution in [2.75, 3.05) is 0 Å². The molecule has 0 unspecified atom stereocenters. The maximum Gasteiger partial charge on any atom is 0.131 e. The van der Waals surface area contributed by atoms with Crippen LogP contribution < -0.4 is 0 Å². The Morgan fingerprint density at radius 1 is 1.00 bits per heavy atom. The fourth-order valence-corrected chi connectivity index (χ4v) is 1.93. The van der Waals surface area contributed by atoms with E-state index < -0.39 is 0 Å². The minimum Gasteiger partial charge on any atom is -0.206 e. The largest absolute Gasteiger partial charge is 0.206 e. The van der Waals surface area contributed by atoms with Crippen LogP contribution in [0.2, 0.25) is 10.0 Å². The van der Waals surface area contributed by atoms with E-state index >= 15 is 0 Å². The van der Waals surface area contributed by atoms with E-state index in [1.165, 1.54) is 6.07 Å². The summed E-state index contributed by atoms with van der Waals surface area (Å²) in [5.74, 6) is -0.323. The number of halogens is 3. The van der Waals surface area contributed by atoms with Gasteiger partial charge < -0.3 is 0 Å². The van der Waals surface area contributed by atoms with Gasteiger partial charge in [-0.1, -0.05) is 41.4 Å². The van der Waals surface area contributed by atoms with Crippen molar-refractivity contribution < 1.29 is 4.39 Å². The second-order valence-electron chi connectivity index (χ2n) is 4.00. The zero-order chi connectivity index (χ0) is 13.1. The van der Waals surface area contributed by atoms with Gasteiger partial charge in [-0.25, -0.2) is 4.39 Å². The summed E-state index contributed by atoms with van der Waals surface area (Å²) in [4.78, 5) is 0. The highest BCUT2D eigenvalue weighted by atomic mass is 35.5. The smallest absolute Gasteiger partial charge is 0.131 e. The van der Waals surface area contributed by atoms with Crippen LogP contribution in [0.5, 0.6) is 0 Å². The van der Waals surface area contributed by atoms with Crippen molar-refractivity contribution in [3.63, 3.8) is 0 Å². The lowest BCUT2D eigenvalue weighted by Crippen LogP contribution is -1.84. The number of rotatable bonds is 2. The molecule has 0 aliphatic carbocycles. The Morgan fingerprint density at radius 2 is 1.61 bits per heavy atom. The van der Waals surface area contributed by atoms with Gasteiger partial charge in [0.25, 0.3) is 0 Å². The lowest BCUT2D eigenvalue weighted by Gasteiger charge is -2.03. The normalized spacial score (nSPS) is 11.7. The Bertz CT molecular complexity index is 586. The van der Waals surface area contributed by atoms with Crippen LogP contribution in [0.25, 0.3) is 11.6 Å². The van der Waals surface area contributed by atoms with Crippen molar-refractivity contribution in [3.8, 4) is 0 Å². The summed E-state index contributed by atoms with van der Waals surface area (Å²) in [6.45, 7) is 1.93. The SMILES string of the molecule is CC(=Cc1ccc(Cl)cc1F)c1ccc(Cl)cc1. The molecule has 0 spiro atoms. The third-order valence-corrected chi connectivity index (χ3v) is 3.12. The summed E-state index contributed by atoms with van der Waals surface area (Å²) in [6, 6.07) is 12.1. The lowest BCUT2D eigenvalue weighted by molar-refractivity contribution is 0.625. The monoisotopic (exact) mass is 280 g/mol. The average Bonchev–Trinajstić information content (AvgIpc) is 2.33. The van der Waals surface area contributed by atoms with Gasteiger partial charge in [0.15, 0.2) is 0 Å². The molecule has 0 fully saturated rings. The third kappa shape index (κ3) is 3.12. The molecule has 2 aromatic rings. The van der Waals surface area contributed by atoms with Crippen molar-refractivity contribution >= 4 is 34.9 Å². The molecule has 0 radical (unpaired) electrons. The van der Waals surface area contributed by atoms with Crippen LogP contribution in [-0.2, 0) is 0 Å². The molecule has 0 saturated heterocycles. The molecule has 92 valence electrons. The highest BCUT2D eigenvalue weighted by molar-refractivity contribution is 6.30. The first-order chi connectivity index (χ1) is 8.56. The second-order valence-corrected chi connectivity index (χ2v) is 4.87. The molecular formula is C15H11Cl2F. The van der Waals surface area contributed by atoms with Gasteiger partial charge in [0.1, 0.15) is 5.82 Å². The fourth-order valence-electron chi connectivity index (χ4n) is 1.65. The van der Waals surface area contributed by atoms with Crippen molar-refractivity contribution in [2.45, 2.75) is 6.92 Å². The Hall–Kier alpha value is -1.31. The summed E-state index contributed by atoms with van der Waals surface area (Å²) in [5.41, 5.74) is 2.49. The number of benzene rings is 2. The van der Waals surface area contributed by atoms with Gasteiger partial charge in [0, 0.05) is 15.6 Å². The standard InChI is InChI=1S/C15H11Cl2F/c1-10(11-2-5-13(16)6-3-11)8-12-4-7-14(17)9-15(12)18/h2-9H,1H3. The Morgan fingerprint density at radius 3 is 2.22 bits per heavy atom. The van der Waals surface area contributed by atoms with E-state index in [-0.39, 0.29) is 5.82 Å².